The molecule has 3 nitrogen and oxygen atoms in total. The number of halogens is 2. The Labute approximate surface area is 117 Å². The summed E-state index contributed by atoms with van der Waals surface area (Å²) in [4.78, 5) is 4.20. The summed E-state index contributed by atoms with van der Waals surface area (Å²) >= 11 is 0. The average molecular weight is 277 g/mol. The van der Waals surface area contributed by atoms with Crippen molar-refractivity contribution in [3.8, 4) is 0 Å². The topological polar surface area (TPSA) is 29.9 Å². The van der Waals surface area contributed by atoms with Crippen LogP contribution >= 0.6 is 0 Å². The second-order valence-corrected chi connectivity index (χ2v) is 4.71. The van der Waals surface area contributed by atoms with Gasteiger partial charge in [-0.1, -0.05) is 11.6 Å². The molecule has 1 aromatic carbocycles. The highest BCUT2D eigenvalue weighted by molar-refractivity contribution is 5.53. The number of hydrogen-bond donors (Lipinski definition) is 1. The van der Waals surface area contributed by atoms with Crippen molar-refractivity contribution in [2.75, 3.05) is 6.54 Å². The molecule has 0 saturated heterocycles. The molecule has 0 aliphatic rings. The van der Waals surface area contributed by atoms with Crippen LogP contribution in [0.15, 0.2) is 36.2 Å². The van der Waals surface area contributed by atoms with E-state index >= 15 is 0 Å². The molecule has 0 aliphatic heterocycles. The third-order valence-corrected chi connectivity index (χ3v) is 2.97. The van der Waals surface area contributed by atoms with E-state index in [1.54, 1.807) is 12.3 Å². The SMILES string of the molecule is C/C(=C\c1ccc(F)cc1F)CNCc1nccn1C. The molecule has 2 rings (SSSR count). The molecule has 0 bridgehead atoms. The Morgan fingerprint density at radius 2 is 2.20 bits per heavy atom. The van der Waals surface area contributed by atoms with Crippen molar-refractivity contribution in [2.45, 2.75) is 13.5 Å². The number of nitrogens with one attached hydrogen (secondary N) is 1. The minimum absolute atomic E-state index is 0.391. The number of imidazole rings is 1. The zero-order chi connectivity index (χ0) is 14.5. The minimum Gasteiger partial charge on any atom is -0.337 e. The van der Waals surface area contributed by atoms with E-state index in [2.05, 4.69) is 10.3 Å². The van der Waals surface area contributed by atoms with Crippen LogP contribution < -0.4 is 5.32 Å². The first-order valence-corrected chi connectivity index (χ1v) is 6.35. The summed E-state index contributed by atoms with van der Waals surface area (Å²) in [5, 5.41) is 3.23. The third-order valence-electron chi connectivity index (χ3n) is 2.97. The molecule has 5 heteroatoms. The van der Waals surface area contributed by atoms with Crippen LogP contribution in [-0.2, 0) is 13.6 Å². The first kappa shape index (κ1) is 14.4. The highest BCUT2D eigenvalue weighted by Crippen LogP contribution is 2.13. The molecule has 0 fully saturated rings. The Bertz CT molecular complexity index is 617. The number of rotatable bonds is 5. The quantitative estimate of drug-likeness (QED) is 0.910. The summed E-state index contributed by atoms with van der Waals surface area (Å²) in [5.74, 6) is -0.176. The van der Waals surface area contributed by atoms with Crippen LogP contribution in [0.3, 0.4) is 0 Å². The lowest BCUT2D eigenvalue weighted by Gasteiger charge is -2.06. The van der Waals surface area contributed by atoms with Crippen LogP contribution in [0.4, 0.5) is 8.78 Å². The number of benzene rings is 1. The fraction of sp³-hybridized carbons (Fsp3) is 0.267. The van der Waals surface area contributed by atoms with Crippen LogP contribution in [0.25, 0.3) is 6.08 Å². The summed E-state index contributed by atoms with van der Waals surface area (Å²) in [5.41, 5.74) is 1.35. The maximum absolute atomic E-state index is 13.5. The molecule has 0 saturated carbocycles. The second-order valence-electron chi connectivity index (χ2n) is 4.71. The zero-order valence-electron chi connectivity index (χ0n) is 11.5. The van der Waals surface area contributed by atoms with Gasteiger partial charge in [0.15, 0.2) is 0 Å². The van der Waals surface area contributed by atoms with Gasteiger partial charge in [0.05, 0.1) is 6.54 Å². The first-order valence-electron chi connectivity index (χ1n) is 6.35. The van der Waals surface area contributed by atoms with Crippen molar-refractivity contribution in [1.82, 2.24) is 14.9 Å². The van der Waals surface area contributed by atoms with Crippen molar-refractivity contribution in [3.05, 3.63) is 59.2 Å². The summed E-state index contributed by atoms with van der Waals surface area (Å²) in [6, 6.07) is 3.58. The maximum atomic E-state index is 13.5. The smallest absolute Gasteiger partial charge is 0.133 e. The number of aromatic nitrogens is 2. The summed E-state index contributed by atoms with van der Waals surface area (Å²) < 4.78 is 28.2. The van der Waals surface area contributed by atoms with Gasteiger partial charge in [-0.05, 0) is 19.1 Å². The van der Waals surface area contributed by atoms with Crippen LogP contribution in [0.5, 0.6) is 0 Å². The van der Waals surface area contributed by atoms with Crippen LogP contribution in [0.2, 0.25) is 0 Å². The fourth-order valence-electron chi connectivity index (χ4n) is 1.87. The molecule has 1 aromatic heterocycles. The van der Waals surface area contributed by atoms with E-state index < -0.39 is 11.6 Å². The monoisotopic (exact) mass is 277 g/mol. The van der Waals surface area contributed by atoms with Crippen LogP contribution in [0.1, 0.15) is 18.3 Å². The van der Waals surface area contributed by atoms with Crippen molar-refractivity contribution < 1.29 is 8.78 Å². The van der Waals surface area contributed by atoms with E-state index in [9.17, 15) is 8.78 Å². The second kappa shape index (κ2) is 6.43. The van der Waals surface area contributed by atoms with Gasteiger partial charge in [0.1, 0.15) is 17.5 Å². The molecule has 0 aliphatic carbocycles. The van der Waals surface area contributed by atoms with E-state index in [1.165, 1.54) is 12.1 Å². The number of aryl methyl sites for hydroxylation is 1. The molecule has 2 aromatic rings. The van der Waals surface area contributed by atoms with Crippen LogP contribution in [-0.4, -0.2) is 16.1 Å². The van der Waals surface area contributed by atoms with E-state index in [1.807, 2.05) is 24.7 Å². The zero-order valence-corrected chi connectivity index (χ0v) is 11.5. The van der Waals surface area contributed by atoms with Gasteiger partial charge < -0.3 is 9.88 Å². The predicted molar refractivity (Wildman–Crippen MR) is 74.9 cm³/mol. The molecule has 0 unspecified atom stereocenters. The lowest BCUT2D eigenvalue weighted by atomic mass is 10.1. The van der Waals surface area contributed by atoms with Gasteiger partial charge in [-0.15, -0.1) is 0 Å². The van der Waals surface area contributed by atoms with Gasteiger partial charge in [0, 0.05) is 37.6 Å². The van der Waals surface area contributed by atoms with Gasteiger partial charge >= 0.3 is 0 Å². The van der Waals surface area contributed by atoms with Crippen molar-refractivity contribution in [1.29, 1.82) is 0 Å². The molecule has 0 amide bonds. The largest absolute Gasteiger partial charge is 0.337 e. The first-order chi connectivity index (χ1) is 9.56. The van der Waals surface area contributed by atoms with E-state index in [4.69, 9.17) is 0 Å². The molecule has 0 atom stereocenters. The average Bonchev–Trinajstić information content (AvgIpc) is 2.79. The number of nitrogens with zero attached hydrogens (tertiary/aromatic N) is 2. The van der Waals surface area contributed by atoms with E-state index in [0.717, 1.165) is 17.5 Å². The Hall–Kier alpha value is -2.01. The predicted octanol–water partition coefficient (Wildman–Crippen LogP) is 2.89. The Balaban J connectivity index is 1.92. The summed E-state index contributed by atoms with van der Waals surface area (Å²) in [7, 11) is 1.93. The van der Waals surface area contributed by atoms with Gasteiger partial charge in [-0.25, -0.2) is 13.8 Å². The molecule has 1 heterocycles. The minimum atomic E-state index is -0.565. The lowest BCUT2D eigenvalue weighted by Crippen LogP contribution is -2.18. The van der Waals surface area contributed by atoms with Gasteiger partial charge in [-0.3, -0.25) is 0 Å². The molecule has 0 radical (unpaired) electrons. The van der Waals surface area contributed by atoms with Crippen molar-refractivity contribution >= 4 is 6.08 Å². The van der Waals surface area contributed by atoms with Crippen molar-refractivity contribution in [2.24, 2.45) is 7.05 Å². The lowest BCUT2D eigenvalue weighted by molar-refractivity contribution is 0.581. The maximum Gasteiger partial charge on any atom is 0.133 e. The Morgan fingerprint density at radius 3 is 2.85 bits per heavy atom. The Morgan fingerprint density at radius 1 is 1.40 bits per heavy atom. The van der Waals surface area contributed by atoms with Gasteiger partial charge in [-0.2, -0.15) is 0 Å². The highest BCUT2D eigenvalue weighted by atomic mass is 19.1. The third kappa shape index (κ3) is 3.74. The normalized spacial score (nSPS) is 11.9. The van der Waals surface area contributed by atoms with E-state index in [0.29, 0.717) is 18.7 Å². The number of hydrogen-bond acceptors (Lipinski definition) is 2. The Kier molecular flexibility index (Phi) is 4.63. The molecule has 20 heavy (non-hydrogen) atoms. The van der Waals surface area contributed by atoms with Gasteiger partial charge in [0.2, 0.25) is 0 Å². The molecular formula is C15H17F2N3. The molecule has 0 spiro atoms. The summed E-state index contributed by atoms with van der Waals surface area (Å²) in [6.45, 7) is 3.15. The van der Waals surface area contributed by atoms with E-state index in [-0.39, 0.29) is 0 Å². The van der Waals surface area contributed by atoms with Gasteiger partial charge in [0.25, 0.3) is 0 Å². The standard InChI is InChI=1S/C15H17F2N3/c1-11(7-12-3-4-13(16)8-14(12)17)9-18-10-15-19-5-6-20(15)2/h3-8,18H,9-10H2,1-2H3/b11-7+. The summed E-state index contributed by atoms with van der Waals surface area (Å²) in [6.07, 6.45) is 5.33. The molecule has 106 valence electrons. The van der Waals surface area contributed by atoms with Crippen LogP contribution in [0, 0.1) is 11.6 Å². The fourth-order valence-corrected chi connectivity index (χ4v) is 1.87. The molecular weight excluding hydrogens is 260 g/mol. The van der Waals surface area contributed by atoms with Crippen molar-refractivity contribution in [3.63, 3.8) is 0 Å². The molecule has 1 N–H and O–H groups in total. The highest BCUT2D eigenvalue weighted by Gasteiger charge is 2.02.